The van der Waals surface area contributed by atoms with Gasteiger partial charge in [-0.1, -0.05) is 6.07 Å². The highest BCUT2D eigenvalue weighted by atomic mass is 15.2. The average Bonchev–Trinajstić information content (AvgIpc) is 3.13. The molecule has 0 saturated carbocycles. The third-order valence-corrected chi connectivity index (χ3v) is 4.94. The fraction of sp³-hybridized carbons (Fsp3) is 0.400. The number of hydrogen-bond donors (Lipinski definition) is 0. The van der Waals surface area contributed by atoms with Gasteiger partial charge < -0.3 is 9.47 Å². The summed E-state index contributed by atoms with van der Waals surface area (Å²) in [7, 11) is 0. The number of aryl methyl sites for hydroxylation is 2. The van der Waals surface area contributed by atoms with E-state index in [4.69, 9.17) is 4.98 Å². The number of aromatic nitrogens is 5. The zero-order chi connectivity index (χ0) is 17.9. The largest absolute Gasteiger partial charge is 0.354 e. The van der Waals surface area contributed by atoms with Gasteiger partial charge in [-0.25, -0.2) is 9.97 Å². The van der Waals surface area contributed by atoms with Crippen molar-refractivity contribution in [3.8, 4) is 0 Å². The van der Waals surface area contributed by atoms with E-state index in [1.54, 1.807) is 0 Å². The minimum Gasteiger partial charge on any atom is -0.354 e. The second kappa shape index (κ2) is 7.23. The first-order valence-electron chi connectivity index (χ1n) is 9.17. The maximum Gasteiger partial charge on any atom is 0.150 e. The van der Waals surface area contributed by atoms with Crippen LogP contribution in [0.15, 0.2) is 43.0 Å². The van der Waals surface area contributed by atoms with Crippen LogP contribution in [0, 0.1) is 13.8 Å². The van der Waals surface area contributed by atoms with Crippen LogP contribution in [0.4, 0.5) is 5.82 Å². The lowest BCUT2D eigenvalue weighted by molar-refractivity contribution is 0.472. The summed E-state index contributed by atoms with van der Waals surface area (Å²) in [4.78, 5) is 20.7. The molecule has 4 rings (SSSR count). The average molecular weight is 348 g/mol. The number of nitrogens with zero attached hydrogens (tertiary/aromatic N) is 6. The molecule has 134 valence electrons. The minimum atomic E-state index is 0.393. The molecule has 0 unspecified atom stereocenters. The molecule has 3 aromatic rings. The molecule has 0 amide bonds. The first kappa shape index (κ1) is 16.7. The van der Waals surface area contributed by atoms with Crippen LogP contribution in [0.1, 0.15) is 41.7 Å². The summed E-state index contributed by atoms with van der Waals surface area (Å²) in [5.41, 5.74) is 3.01. The minimum absolute atomic E-state index is 0.393. The number of pyridine rings is 1. The van der Waals surface area contributed by atoms with E-state index in [1.807, 2.05) is 44.6 Å². The molecule has 3 aromatic heterocycles. The van der Waals surface area contributed by atoms with Crippen molar-refractivity contribution in [3.63, 3.8) is 0 Å². The van der Waals surface area contributed by atoms with Gasteiger partial charge in [0.15, 0.2) is 0 Å². The van der Waals surface area contributed by atoms with Crippen LogP contribution in [0.3, 0.4) is 0 Å². The Bertz CT molecular complexity index is 873. The summed E-state index contributed by atoms with van der Waals surface area (Å²) in [5, 5.41) is 0. The quantitative estimate of drug-likeness (QED) is 0.725. The Hall–Kier alpha value is -2.76. The Morgan fingerprint density at radius 2 is 2.04 bits per heavy atom. The molecule has 26 heavy (non-hydrogen) atoms. The van der Waals surface area contributed by atoms with Crippen LogP contribution in [-0.2, 0) is 6.54 Å². The molecule has 0 spiro atoms. The topological polar surface area (TPSA) is 59.7 Å². The molecule has 1 fully saturated rings. The Morgan fingerprint density at radius 3 is 2.88 bits per heavy atom. The Morgan fingerprint density at radius 1 is 1.12 bits per heavy atom. The molecular weight excluding hydrogens is 324 g/mol. The van der Waals surface area contributed by atoms with Crippen molar-refractivity contribution in [2.24, 2.45) is 0 Å². The Labute approximate surface area is 154 Å². The van der Waals surface area contributed by atoms with E-state index in [0.717, 1.165) is 61.2 Å². The standard InChI is InChI=1S/C20H24N6/c1-15-12-23-16(2)19(24-15)25-10-5-6-17(13-25)20-22-9-11-26(20)14-18-7-3-4-8-21-18/h3-4,7-9,11-12,17H,5-6,10,13-14H2,1-2H3/t17-/m1/s1. The highest BCUT2D eigenvalue weighted by Crippen LogP contribution is 2.29. The zero-order valence-electron chi connectivity index (χ0n) is 15.3. The second-order valence-corrected chi connectivity index (χ2v) is 6.94. The zero-order valence-corrected chi connectivity index (χ0v) is 15.3. The van der Waals surface area contributed by atoms with Gasteiger partial charge in [-0.3, -0.25) is 9.97 Å². The van der Waals surface area contributed by atoms with Crippen molar-refractivity contribution in [3.05, 3.63) is 65.9 Å². The summed E-state index contributed by atoms with van der Waals surface area (Å²) in [6, 6.07) is 6.03. The summed E-state index contributed by atoms with van der Waals surface area (Å²) < 4.78 is 2.23. The van der Waals surface area contributed by atoms with Crippen molar-refractivity contribution in [1.82, 2.24) is 24.5 Å². The van der Waals surface area contributed by atoms with Gasteiger partial charge in [-0.2, -0.15) is 0 Å². The SMILES string of the molecule is Cc1cnc(C)c(N2CCC[C@@H](c3nccn3Cc3ccccn3)C2)n1. The highest BCUT2D eigenvalue weighted by molar-refractivity contribution is 5.44. The van der Waals surface area contributed by atoms with E-state index in [2.05, 4.69) is 36.7 Å². The van der Waals surface area contributed by atoms with Crippen LogP contribution in [0.5, 0.6) is 0 Å². The van der Waals surface area contributed by atoms with Gasteiger partial charge in [0.05, 0.1) is 23.6 Å². The molecule has 0 N–H and O–H groups in total. The Balaban J connectivity index is 1.55. The fourth-order valence-electron chi connectivity index (χ4n) is 3.69. The van der Waals surface area contributed by atoms with E-state index in [9.17, 15) is 0 Å². The van der Waals surface area contributed by atoms with E-state index in [0.29, 0.717) is 5.92 Å². The predicted octanol–water partition coefficient (Wildman–Crippen LogP) is 3.12. The van der Waals surface area contributed by atoms with E-state index < -0.39 is 0 Å². The monoisotopic (exact) mass is 348 g/mol. The number of piperidine rings is 1. The molecule has 6 nitrogen and oxygen atoms in total. The van der Waals surface area contributed by atoms with E-state index in [-0.39, 0.29) is 0 Å². The molecular formula is C20H24N6. The molecule has 0 bridgehead atoms. The fourth-order valence-corrected chi connectivity index (χ4v) is 3.69. The van der Waals surface area contributed by atoms with Gasteiger partial charge in [0, 0.05) is 43.8 Å². The smallest absolute Gasteiger partial charge is 0.150 e. The first-order valence-corrected chi connectivity index (χ1v) is 9.17. The summed E-state index contributed by atoms with van der Waals surface area (Å²) in [5.74, 6) is 2.54. The van der Waals surface area contributed by atoms with Crippen molar-refractivity contribution < 1.29 is 0 Å². The second-order valence-electron chi connectivity index (χ2n) is 6.94. The number of imidazole rings is 1. The summed E-state index contributed by atoms with van der Waals surface area (Å²) >= 11 is 0. The molecule has 1 aliphatic rings. The van der Waals surface area contributed by atoms with Crippen LogP contribution >= 0.6 is 0 Å². The van der Waals surface area contributed by atoms with E-state index >= 15 is 0 Å². The normalized spacial score (nSPS) is 17.5. The van der Waals surface area contributed by atoms with Crippen LogP contribution in [0.2, 0.25) is 0 Å². The van der Waals surface area contributed by atoms with Crippen molar-refractivity contribution in [2.45, 2.75) is 39.2 Å². The van der Waals surface area contributed by atoms with Crippen LogP contribution in [-0.4, -0.2) is 37.6 Å². The van der Waals surface area contributed by atoms with Gasteiger partial charge in [0.25, 0.3) is 0 Å². The maximum atomic E-state index is 4.73. The molecule has 1 aliphatic heterocycles. The first-order chi connectivity index (χ1) is 12.7. The van der Waals surface area contributed by atoms with Crippen molar-refractivity contribution in [2.75, 3.05) is 18.0 Å². The lowest BCUT2D eigenvalue weighted by Crippen LogP contribution is -2.36. The van der Waals surface area contributed by atoms with E-state index in [1.165, 1.54) is 0 Å². The number of anilines is 1. The van der Waals surface area contributed by atoms with Crippen LogP contribution < -0.4 is 4.90 Å². The third-order valence-electron chi connectivity index (χ3n) is 4.94. The molecule has 0 aliphatic carbocycles. The van der Waals surface area contributed by atoms with Crippen molar-refractivity contribution >= 4 is 5.82 Å². The maximum absolute atomic E-state index is 4.73. The van der Waals surface area contributed by atoms with Gasteiger partial charge in [0.2, 0.25) is 0 Å². The lowest BCUT2D eigenvalue weighted by atomic mass is 9.97. The molecule has 0 aromatic carbocycles. The highest BCUT2D eigenvalue weighted by Gasteiger charge is 2.26. The third kappa shape index (κ3) is 3.45. The molecule has 6 heteroatoms. The summed E-state index contributed by atoms with van der Waals surface area (Å²) in [6.07, 6.45) is 9.91. The molecule has 1 atom stereocenters. The van der Waals surface area contributed by atoms with Crippen LogP contribution in [0.25, 0.3) is 0 Å². The number of hydrogen-bond acceptors (Lipinski definition) is 5. The van der Waals surface area contributed by atoms with Gasteiger partial charge >= 0.3 is 0 Å². The Kier molecular flexibility index (Phi) is 4.65. The molecule has 0 radical (unpaired) electrons. The predicted molar refractivity (Wildman–Crippen MR) is 101 cm³/mol. The van der Waals surface area contributed by atoms with Gasteiger partial charge in [0.1, 0.15) is 11.6 Å². The lowest BCUT2D eigenvalue weighted by Gasteiger charge is -2.34. The molecule has 1 saturated heterocycles. The van der Waals surface area contributed by atoms with Gasteiger partial charge in [-0.15, -0.1) is 0 Å². The molecule has 4 heterocycles. The summed E-state index contributed by atoms with van der Waals surface area (Å²) in [6.45, 7) is 6.74. The van der Waals surface area contributed by atoms with Gasteiger partial charge in [-0.05, 0) is 38.8 Å². The number of rotatable bonds is 4. The van der Waals surface area contributed by atoms with Crippen molar-refractivity contribution in [1.29, 1.82) is 0 Å².